The van der Waals surface area contributed by atoms with Crippen LogP contribution >= 0.6 is 11.8 Å². The topological polar surface area (TPSA) is 16.1 Å². The average molecular weight is 250 g/mol. The van der Waals surface area contributed by atoms with Crippen molar-refractivity contribution in [3.05, 3.63) is 30.1 Å². The summed E-state index contributed by atoms with van der Waals surface area (Å²) < 4.78 is 0. The minimum atomic E-state index is 0.759. The van der Waals surface area contributed by atoms with Gasteiger partial charge in [-0.15, -0.1) is 0 Å². The molecule has 0 aromatic carbocycles. The maximum Gasteiger partial charge on any atom is 0.0270 e. The van der Waals surface area contributed by atoms with E-state index in [1.54, 1.807) is 0 Å². The Balaban J connectivity index is 1.74. The highest BCUT2D eigenvalue weighted by Gasteiger charge is 2.19. The Kier molecular flexibility index (Phi) is 5.33. The van der Waals surface area contributed by atoms with Gasteiger partial charge in [0.15, 0.2) is 0 Å². The van der Waals surface area contributed by atoms with E-state index in [1.807, 2.05) is 24.2 Å². The van der Waals surface area contributed by atoms with Crippen LogP contribution in [0.15, 0.2) is 24.5 Å². The molecule has 0 amide bonds. The first-order valence-corrected chi connectivity index (χ1v) is 7.91. The number of hydrogen-bond donors (Lipinski definition) is 0. The highest BCUT2D eigenvalue weighted by Crippen LogP contribution is 2.27. The lowest BCUT2D eigenvalue weighted by Crippen LogP contribution is -2.33. The molecule has 94 valence electrons. The highest BCUT2D eigenvalue weighted by molar-refractivity contribution is 7.98. The number of aromatic nitrogens is 1. The summed E-state index contributed by atoms with van der Waals surface area (Å²) in [5.74, 6) is 2.05. The van der Waals surface area contributed by atoms with Crippen LogP contribution in [-0.4, -0.2) is 41.5 Å². The first kappa shape index (κ1) is 12.9. The van der Waals surface area contributed by atoms with Gasteiger partial charge in [0.05, 0.1) is 0 Å². The molecule has 1 saturated heterocycles. The third kappa shape index (κ3) is 4.00. The molecule has 0 radical (unpaired) electrons. The third-order valence-electron chi connectivity index (χ3n) is 3.59. The molecule has 0 N–H and O–H groups in total. The van der Waals surface area contributed by atoms with Crippen LogP contribution in [0.1, 0.15) is 30.7 Å². The predicted molar refractivity (Wildman–Crippen MR) is 75.7 cm³/mol. The Hall–Kier alpha value is -0.540. The molecule has 2 rings (SSSR count). The van der Waals surface area contributed by atoms with Crippen molar-refractivity contribution in [3.8, 4) is 0 Å². The van der Waals surface area contributed by atoms with E-state index in [1.165, 1.54) is 50.2 Å². The second-order valence-electron chi connectivity index (χ2n) is 4.74. The molecular weight excluding hydrogens is 228 g/mol. The van der Waals surface area contributed by atoms with E-state index in [-0.39, 0.29) is 0 Å². The first-order valence-electron chi connectivity index (χ1n) is 6.51. The Morgan fingerprint density at radius 1 is 1.29 bits per heavy atom. The largest absolute Gasteiger partial charge is 0.303 e. The molecule has 1 aromatic rings. The fourth-order valence-electron chi connectivity index (χ4n) is 2.56. The van der Waals surface area contributed by atoms with E-state index in [2.05, 4.69) is 28.3 Å². The van der Waals surface area contributed by atoms with Gasteiger partial charge in [0.1, 0.15) is 0 Å². The fourth-order valence-corrected chi connectivity index (χ4v) is 2.98. The number of likely N-dealkylation sites (tertiary alicyclic amines) is 1. The molecule has 2 nitrogen and oxygen atoms in total. The summed E-state index contributed by atoms with van der Waals surface area (Å²) in [5.41, 5.74) is 1.48. The van der Waals surface area contributed by atoms with Crippen molar-refractivity contribution in [1.29, 1.82) is 0 Å². The summed E-state index contributed by atoms with van der Waals surface area (Å²) in [6.07, 6.45) is 9.98. The highest BCUT2D eigenvalue weighted by atomic mass is 32.2. The smallest absolute Gasteiger partial charge is 0.0270 e. The van der Waals surface area contributed by atoms with Gasteiger partial charge in [-0.2, -0.15) is 11.8 Å². The van der Waals surface area contributed by atoms with Gasteiger partial charge in [-0.05, 0) is 74.5 Å². The van der Waals surface area contributed by atoms with Crippen molar-refractivity contribution in [2.45, 2.75) is 25.2 Å². The summed E-state index contributed by atoms with van der Waals surface area (Å²) in [7, 11) is 0. The van der Waals surface area contributed by atoms with Crippen LogP contribution in [0.25, 0.3) is 0 Å². The van der Waals surface area contributed by atoms with Gasteiger partial charge in [0.2, 0.25) is 0 Å². The Bertz CT molecular complexity index is 307. The quantitative estimate of drug-likeness (QED) is 0.747. The van der Waals surface area contributed by atoms with Crippen LogP contribution in [0, 0.1) is 0 Å². The molecule has 0 bridgehead atoms. The first-order chi connectivity index (χ1) is 8.40. The van der Waals surface area contributed by atoms with Crippen LogP contribution in [-0.2, 0) is 0 Å². The lowest BCUT2D eigenvalue weighted by atomic mass is 9.90. The van der Waals surface area contributed by atoms with Crippen LogP contribution < -0.4 is 0 Å². The SMILES string of the molecule is CSCCCN1CCC(c2ccncc2)CC1. The van der Waals surface area contributed by atoms with E-state index in [4.69, 9.17) is 0 Å². The van der Waals surface area contributed by atoms with Gasteiger partial charge in [-0.25, -0.2) is 0 Å². The fraction of sp³-hybridized carbons (Fsp3) is 0.643. The van der Waals surface area contributed by atoms with Crippen molar-refractivity contribution in [2.75, 3.05) is 31.6 Å². The summed E-state index contributed by atoms with van der Waals surface area (Å²) in [6.45, 7) is 3.81. The second kappa shape index (κ2) is 7.02. The zero-order valence-electron chi connectivity index (χ0n) is 10.6. The number of piperidine rings is 1. The van der Waals surface area contributed by atoms with E-state index >= 15 is 0 Å². The monoisotopic (exact) mass is 250 g/mol. The molecule has 1 fully saturated rings. The normalized spacial score (nSPS) is 18.4. The van der Waals surface area contributed by atoms with Gasteiger partial charge in [-0.1, -0.05) is 0 Å². The maximum absolute atomic E-state index is 4.09. The maximum atomic E-state index is 4.09. The zero-order chi connectivity index (χ0) is 11.9. The minimum Gasteiger partial charge on any atom is -0.303 e. The van der Waals surface area contributed by atoms with Crippen molar-refractivity contribution < 1.29 is 0 Å². The summed E-state index contributed by atoms with van der Waals surface area (Å²) in [4.78, 5) is 6.71. The molecule has 2 heterocycles. The summed E-state index contributed by atoms with van der Waals surface area (Å²) in [6, 6.07) is 4.35. The van der Waals surface area contributed by atoms with Gasteiger partial charge in [0.25, 0.3) is 0 Å². The van der Waals surface area contributed by atoms with Gasteiger partial charge in [-0.3, -0.25) is 4.98 Å². The molecule has 1 aromatic heterocycles. The summed E-state index contributed by atoms with van der Waals surface area (Å²) >= 11 is 1.95. The Morgan fingerprint density at radius 3 is 2.65 bits per heavy atom. The molecule has 1 aliphatic rings. The van der Waals surface area contributed by atoms with Crippen molar-refractivity contribution >= 4 is 11.8 Å². The lowest BCUT2D eigenvalue weighted by Gasteiger charge is -2.32. The molecule has 0 unspecified atom stereocenters. The molecule has 0 spiro atoms. The molecule has 0 saturated carbocycles. The molecule has 3 heteroatoms. The summed E-state index contributed by atoms with van der Waals surface area (Å²) in [5, 5.41) is 0. The average Bonchev–Trinajstić information content (AvgIpc) is 2.41. The number of thioether (sulfide) groups is 1. The van der Waals surface area contributed by atoms with Crippen LogP contribution in [0.5, 0.6) is 0 Å². The molecule has 1 aliphatic heterocycles. The van der Waals surface area contributed by atoms with Crippen molar-refractivity contribution in [1.82, 2.24) is 9.88 Å². The van der Waals surface area contributed by atoms with E-state index in [0.29, 0.717) is 0 Å². The van der Waals surface area contributed by atoms with Crippen LogP contribution in [0.3, 0.4) is 0 Å². The number of hydrogen-bond acceptors (Lipinski definition) is 3. The lowest BCUT2D eigenvalue weighted by molar-refractivity contribution is 0.213. The van der Waals surface area contributed by atoms with E-state index in [0.717, 1.165) is 5.92 Å². The zero-order valence-corrected chi connectivity index (χ0v) is 11.5. The Morgan fingerprint density at radius 2 is 2.00 bits per heavy atom. The van der Waals surface area contributed by atoms with Crippen molar-refractivity contribution in [3.63, 3.8) is 0 Å². The molecular formula is C14H22N2S. The number of nitrogens with zero attached hydrogens (tertiary/aromatic N) is 2. The van der Waals surface area contributed by atoms with E-state index < -0.39 is 0 Å². The van der Waals surface area contributed by atoms with Crippen molar-refractivity contribution in [2.24, 2.45) is 0 Å². The third-order valence-corrected chi connectivity index (χ3v) is 4.28. The molecule has 0 aliphatic carbocycles. The van der Waals surface area contributed by atoms with Gasteiger partial charge < -0.3 is 4.90 Å². The molecule has 0 atom stereocenters. The molecule has 17 heavy (non-hydrogen) atoms. The standard InChI is InChI=1S/C14H22N2S/c1-17-12-2-9-16-10-5-14(6-11-16)13-3-7-15-8-4-13/h3-4,7-8,14H,2,5-6,9-12H2,1H3. The Labute approximate surface area is 109 Å². The van der Waals surface area contributed by atoms with Gasteiger partial charge in [0, 0.05) is 12.4 Å². The number of rotatable bonds is 5. The van der Waals surface area contributed by atoms with Crippen LogP contribution in [0.4, 0.5) is 0 Å². The predicted octanol–water partition coefficient (Wildman–Crippen LogP) is 3.01. The van der Waals surface area contributed by atoms with Gasteiger partial charge >= 0.3 is 0 Å². The van der Waals surface area contributed by atoms with E-state index in [9.17, 15) is 0 Å². The van der Waals surface area contributed by atoms with Crippen LogP contribution in [0.2, 0.25) is 0 Å². The second-order valence-corrected chi connectivity index (χ2v) is 5.73. The minimum absolute atomic E-state index is 0.759. The number of pyridine rings is 1.